The topological polar surface area (TPSA) is 70.2 Å². The zero-order chi connectivity index (χ0) is 22.6. The van der Waals surface area contributed by atoms with E-state index in [1.165, 1.54) is 13.1 Å². The molecule has 0 N–H and O–H groups in total. The van der Waals surface area contributed by atoms with Crippen LogP contribution in [0.25, 0.3) is 0 Å². The highest BCUT2D eigenvalue weighted by Gasteiger charge is 2.27. The van der Waals surface area contributed by atoms with Crippen LogP contribution in [0.1, 0.15) is 12.5 Å². The van der Waals surface area contributed by atoms with Crippen molar-refractivity contribution >= 4 is 33.2 Å². The molecular weight excluding hydrogens is 438 g/mol. The molecule has 0 saturated carbocycles. The zero-order valence-electron chi connectivity index (χ0n) is 18.0. The minimum Gasteiger partial charge on any atom is -0.494 e. The molecule has 1 saturated heterocycles. The van der Waals surface area contributed by atoms with Crippen LogP contribution >= 0.6 is 11.6 Å². The summed E-state index contributed by atoms with van der Waals surface area (Å²) >= 11 is 6.07. The summed E-state index contributed by atoms with van der Waals surface area (Å²) in [5, 5.41) is 0.673. The number of hydrogen-bond donors (Lipinski definition) is 0. The standard InChI is InChI=1S/C22H28ClN3O4S/c1-4-30-21-9-8-20(14-17(21)2)31(28,29)24(3)16-22(27)26-12-10-25(11-13-26)19-7-5-6-18(23)15-19/h5-9,14-15H,4,10-13,16H2,1-3H3. The van der Waals surface area contributed by atoms with Crippen LogP contribution in [0, 0.1) is 6.92 Å². The van der Waals surface area contributed by atoms with Crippen LogP contribution in [-0.4, -0.2) is 69.9 Å². The fourth-order valence-electron chi connectivity index (χ4n) is 3.54. The minimum absolute atomic E-state index is 0.148. The lowest BCUT2D eigenvalue weighted by molar-refractivity contribution is -0.131. The first-order valence-corrected chi connectivity index (χ1v) is 12.0. The van der Waals surface area contributed by atoms with E-state index in [-0.39, 0.29) is 17.3 Å². The van der Waals surface area contributed by atoms with E-state index in [4.69, 9.17) is 16.3 Å². The summed E-state index contributed by atoms with van der Waals surface area (Å²) in [6.45, 7) is 6.37. The van der Waals surface area contributed by atoms with Gasteiger partial charge in [-0.2, -0.15) is 4.31 Å². The van der Waals surface area contributed by atoms with E-state index in [0.717, 1.165) is 15.6 Å². The van der Waals surface area contributed by atoms with Crippen molar-refractivity contribution in [3.63, 3.8) is 0 Å². The van der Waals surface area contributed by atoms with Crippen molar-refractivity contribution in [3.8, 4) is 5.75 Å². The number of nitrogens with zero attached hydrogens (tertiary/aromatic N) is 3. The van der Waals surface area contributed by atoms with Gasteiger partial charge in [-0.25, -0.2) is 8.42 Å². The first kappa shape index (κ1) is 23.4. The van der Waals surface area contributed by atoms with Crippen molar-refractivity contribution in [2.75, 3.05) is 51.3 Å². The summed E-state index contributed by atoms with van der Waals surface area (Å²) in [6.07, 6.45) is 0. The second-order valence-electron chi connectivity index (χ2n) is 7.47. The Morgan fingerprint density at radius 3 is 2.45 bits per heavy atom. The predicted octanol–water partition coefficient (Wildman–Crippen LogP) is 3.02. The molecule has 0 spiro atoms. The number of aryl methyl sites for hydroxylation is 1. The molecule has 0 unspecified atom stereocenters. The van der Waals surface area contributed by atoms with E-state index in [9.17, 15) is 13.2 Å². The van der Waals surface area contributed by atoms with E-state index in [0.29, 0.717) is 43.6 Å². The normalized spacial score (nSPS) is 14.7. The summed E-state index contributed by atoms with van der Waals surface area (Å²) in [7, 11) is -2.35. The van der Waals surface area contributed by atoms with Crippen LogP contribution in [0.5, 0.6) is 5.75 Å². The highest BCUT2D eigenvalue weighted by molar-refractivity contribution is 7.89. The van der Waals surface area contributed by atoms with Gasteiger partial charge >= 0.3 is 0 Å². The second-order valence-corrected chi connectivity index (χ2v) is 9.95. The molecule has 2 aromatic carbocycles. The quantitative estimate of drug-likeness (QED) is 0.628. The van der Waals surface area contributed by atoms with Crippen LogP contribution in [0.2, 0.25) is 5.02 Å². The van der Waals surface area contributed by atoms with Crippen molar-refractivity contribution in [3.05, 3.63) is 53.1 Å². The number of rotatable bonds is 7. The molecule has 1 aliphatic heterocycles. The minimum atomic E-state index is -3.78. The van der Waals surface area contributed by atoms with Crippen LogP contribution in [0.15, 0.2) is 47.4 Å². The Balaban J connectivity index is 1.60. The number of amides is 1. The number of halogens is 1. The van der Waals surface area contributed by atoms with Crippen LogP contribution < -0.4 is 9.64 Å². The van der Waals surface area contributed by atoms with Crippen molar-refractivity contribution in [1.82, 2.24) is 9.21 Å². The molecule has 0 aliphatic carbocycles. The number of ether oxygens (including phenoxy) is 1. The molecule has 0 atom stereocenters. The Morgan fingerprint density at radius 1 is 1.13 bits per heavy atom. The number of carbonyl (C=O) groups is 1. The van der Waals surface area contributed by atoms with Gasteiger partial charge in [-0.05, 0) is 55.8 Å². The lowest BCUT2D eigenvalue weighted by atomic mass is 10.2. The first-order valence-electron chi connectivity index (χ1n) is 10.2. The van der Waals surface area contributed by atoms with Crippen molar-refractivity contribution < 1.29 is 17.9 Å². The molecule has 0 radical (unpaired) electrons. The Labute approximate surface area is 189 Å². The largest absolute Gasteiger partial charge is 0.494 e. The Morgan fingerprint density at radius 2 is 1.84 bits per heavy atom. The first-order chi connectivity index (χ1) is 14.7. The van der Waals surface area contributed by atoms with Gasteiger partial charge in [0, 0.05) is 43.9 Å². The maximum Gasteiger partial charge on any atom is 0.243 e. The molecule has 168 valence electrons. The molecule has 9 heteroatoms. The molecule has 1 heterocycles. The average molecular weight is 466 g/mol. The van der Waals surface area contributed by atoms with Gasteiger partial charge in [0.05, 0.1) is 18.0 Å². The summed E-state index contributed by atoms with van der Waals surface area (Å²) < 4.78 is 32.4. The van der Waals surface area contributed by atoms with E-state index in [2.05, 4.69) is 4.90 Å². The molecule has 7 nitrogen and oxygen atoms in total. The van der Waals surface area contributed by atoms with Gasteiger partial charge in [0.15, 0.2) is 0 Å². The summed E-state index contributed by atoms with van der Waals surface area (Å²) in [6, 6.07) is 12.4. The summed E-state index contributed by atoms with van der Waals surface area (Å²) in [4.78, 5) is 16.8. The van der Waals surface area contributed by atoms with Crippen LogP contribution in [-0.2, 0) is 14.8 Å². The van der Waals surface area contributed by atoms with Gasteiger partial charge < -0.3 is 14.5 Å². The van der Waals surface area contributed by atoms with Crippen LogP contribution in [0.4, 0.5) is 5.69 Å². The van der Waals surface area contributed by atoms with Gasteiger partial charge in [0.1, 0.15) is 5.75 Å². The number of benzene rings is 2. The second kappa shape index (κ2) is 9.89. The molecule has 3 rings (SSSR count). The Kier molecular flexibility index (Phi) is 7.46. The van der Waals surface area contributed by atoms with Gasteiger partial charge in [0.25, 0.3) is 0 Å². The van der Waals surface area contributed by atoms with E-state index < -0.39 is 10.0 Å². The number of piperazine rings is 1. The maximum atomic E-state index is 12.9. The highest BCUT2D eigenvalue weighted by Crippen LogP contribution is 2.24. The fraction of sp³-hybridized carbons (Fsp3) is 0.409. The van der Waals surface area contributed by atoms with E-state index >= 15 is 0 Å². The number of likely N-dealkylation sites (N-methyl/N-ethyl adjacent to an activating group) is 1. The zero-order valence-corrected chi connectivity index (χ0v) is 19.6. The lowest BCUT2D eigenvalue weighted by Gasteiger charge is -2.36. The maximum absolute atomic E-state index is 12.9. The smallest absolute Gasteiger partial charge is 0.243 e. The highest BCUT2D eigenvalue weighted by atomic mass is 35.5. The van der Waals surface area contributed by atoms with E-state index in [1.54, 1.807) is 24.0 Å². The number of carbonyl (C=O) groups excluding carboxylic acids is 1. The van der Waals surface area contributed by atoms with Crippen molar-refractivity contribution in [2.24, 2.45) is 0 Å². The lowest BCUT2D eigenvalue weighted by Crippen LogP contribution is -2.51. The molecule has 1 fully saturated rings. The van der Waals surface area contributed by atoms with Crippen molar-refractivity contribution in [2.45, 2.75) is 18.7 Å². The van der Waals surface area contributed by atoms with Gasteiger partial charge in [-0.3, -0.25) is 4.79 Å². The molecule has 31 heavy (non-hydrogen) atoms. The van der Waals surface area contributed by atoms with E-state index in [1.807, 2.05) is 31.2 Å². The van der Waals surface area contributed by atoms with Crippen molar-refractivity contribution in [1.29, 1.82) is 0 Å². The number of hydrogen-bond acceptors (Lipinski definition) is 5. The third-order valence-corrected chi connectivity index (χ3v) is 7.35. The molecule has 0 aromatic heterocycles. The average Bonchev–Trinajstić information content (AvgIpc) is 2.75. The molecule has 2 aromatic rings. The van der Waals surface area contributed by atoms with Crippen LogP contribution in [0.3, 0.4) is 0 Å². The fourth-order valence-corrected chi connectivity index (χ4v) is 4.93. The van der Waals surface area contributed by atoms with Gasteiger partial charge in [0.2, 0.25) is 15.9 Å². The predicted molar refractivity (Wildman–Crippen MR) is 122 cm³/mol. The SMILES string of the molecule is CCOc1ccc(S(=O)(=O)N(C)CC(=O)N2CCN(c3cccc(Cl)c3)CC2)cc1C. The molecular formula is C22H28ClN3O4S. The molecule has 1 amide bonds. The van der Waals surface area contributed by atoms with Gasteiger partial charge in [-0.1, -0.05) is 17.7 Å². The summed E-state index contributed by atoms with van der Waals surface area (Å²) in [5.41, 5.74) is 1.75. The Bertz CT molecular complexity index is 1040. The Hall–Kier alpha value is -2.29. The number of sulfonamides is 1. The third kappa shape index (κ3) is 5.50. The third-order valence-electron chi connectivity index (χ3n) is 5.32. The monoisotopic (exact) mass is 465 g/mol. The summed E-state index contributed by atoms with van der Waals surface area (Å²) in [5.74, 6) is 0.442. The molecule has 0 bridgehead atoms. The number of anilines is 1. The molecule has 1 aliphatic rings. The van der Waals surface area contributed by atoms with Gasteiger partial charge in [-0.15, -0.1) is 0 Å².